The van der Waals surface area contributed by atoms with Gasteiger partial charge in [-0.15, -0.1) is 21.5 Å². The van der Waals surface area contributed by atoms with Gasteiger partial charge < -0.3 is 5.73 Å². The number of aryl methyl sites for hydroxylation is 2. The predicted octanol–water partition coefficient (Wildman–Crippen LogP) is 0.992. The van der Waals surface area contributed by atoms with Gasteiger partial charge in [0.05, 0.1) is 0 Å². The van der Waals surface area contributed by atoms with E-state index in [2.05, 4.69) is 17.1 Å². The predicted molar refractivity (Wildman–Crippen MR) is 46.7 cm³/mol. The lowest BCUT2D eigenvalue weighted by Gasteiger charge is -1.88. The summed E-state index contributed by atoms with van der Waals surface area (Å²) in [5, 5.41) is 10.3. The molecule has 0 spiro atoms. The van der Waals surface area contributed by atoms with Gasteiger partial charge in [-0.25, -0.2) is 0 Å². The van der Waals surface area contributed by atoms with Crippen LogP contribution < -0.4 is 5.73 Å². The van der Waals surface area contributed by atoms with Crippen molar-refractivity contribution in [2.45, 2.75) is 26.2 Å². The molecule has 1 aromatic heterocycles. The van der Waals surface area contributed by atoms with Gasteiger partial charge in [-0.3, -0.25) is 0 Å². The molecule has 11 heavy (non-hydrogen) atoms. The molecule has 1 aromatic rings. The number of hydrogen-bond donors (Lipinski definition) is 1. The van der Waals surface area contributed by atoms with Gasteiger partial charge in [-0.1, -0.05) is 6.92 Å². The smallest absolute Gasteiger partial charge is 0.117 e. The fourth-order valence-corrected chi connectivity index (χ4v) is 1.61. The zero-order valence-electron chi connectivity index (χ0n) is 6.71. The molecular weight excluding hydrogens is 158 g/mol. The average molecular weight is 171 g/mol. The van der Waals surface area contributed by atoms with Crippen LogP contribution in [0.15, 0.2) is 0 Å². The van der Waals surface area contributed by atoms with Crippen molar-refractivity contribution in [3.05, 3.63) is 10.0 Å². The van der Waals surface area contributed by atoms with Crippen molar-refractivity contribution >= 4 is 11.3 Å². The minimum Gasteiger partial charge on any atom is -0.330 e. The standard InChI is InChI=1S/C7H13N3S/c1-2-6-9-10-7(11-6)4-3-5-8/h2-5,8H2,1H3. The van der Waals surface area contributed by atoms with E-state index in [1.54, 1.807) is 11.3 Å². The molecule has 4 heteroatoms. The van der Waals surface area contributed by atoms with Crippen LogP contribution in [0, 0.1) is 0 Å². The number of rotatable bonds is 4. The van der Waals surface area contributed by atoms with Gasteiger partial charge >= 0.3 is 0 Å². The van der Waals surface area contributed by atoms with Gasteiger partial charge in [0, 0.05) is 6.42 Å². The van der Waals surface area contributed by atoms with Crippen molar-refractivity contribution in [2.24, 2.45) is 5.73 Å². The highest BCUT2D eigenvalue weighted by Crippen LogP contribution is 2.11. The van der Waals surface area contributed by atoms with E-state index >= 15 is 0 Å². The van der Waals surface area contributed by atoms with Gasteiger partial charge in [-0.05, 0) is 19.4 Å². The second-order valence-corrected chi connectivity index (χ2v) is 3.48. The number of aromatic nitrogens is 2. The molecule has 0 aromatic carbocycles. The Kier molecular flexibility index (Phi) is 3.45. The fourth-order valence-electron chi connectivity index (χ4n) is 0.786. The molecule has 0 saturated heterocycles. The van der Waals surface area contributed by atoms with E-state index in [1.807, 2.05) is 0 Å². The van der Waals surface area contributed by atoms with E-state index in [0.29, 0.717) is 0 Å². The second kappa shape index (κ2) is 4.41. The van der Waals surface area contributed by atoms with Crippen LogP contribution in [0.5, 0.6) is 0 Å². The molecule has 62 valence electrons. The summed E-state index contributed by atoms with van der Waals surface area (Å²) in [6, 6.07) is 0. The summed E-state index contributed by atoms with van der Waals surface area (Å²) >= 11 is 1.70. The summed E-state index contributed by atoms with van der Waals surface area (Å²) in [5.41, 5.74) is 5.37. The van der Waals surface area contributed by atoms with Gasteiger partial charge in [0.25, 0.3) is 0 Å². The van der Waals surface area contributed by atoms with E-state index in [4.69, 9.17) is 5.73 Å². The van der Waals surface area contributed by atoms with Crippen molar-refractivity contribution in [3.8, 4) is 0 Å². The number of nitrogens with zero attached hydrogens (tertiary/aromatic N) is 2. The molecule has 0 saturated carbocycles. The number of nitrogens with two attached hydrogens (primary N) is 1. The summed E-state index contributed by atoms with van der Waals surface area (Å²) < 4.78 is 0. The zero-order chi connectivity index (χ0) is 8.10. The van der Waals surface area contributed by atoms with E-state index < -0.39 is 0 Å². The van der Waals surface area contributed by atoms with Crippen molar-refractivity contribution in [3.63, 3.8) is 0 Å². The van der Waals surface area contributed by atoms with Gasteiger partial charge in [0.15, 0.2) is 0 Å². The molecule has 3 nitrogen and oxygen atoms in total. The molecule has 0 fully saturated rings. The van der Waals surface area contributed by atoms with E-state index in [1.165, 1.54) is 0 Å². The molecule has 0 bridgehead atoms. The van der Waals surface area contributed by atoms with Crippen LogP contribution in [0.4, 0.5) is 0 Å². The molecule has 0 atom stereocenters. The molecule has 1 rings (SSSR count). The van der Waals surface area contributed by atoms with Crippen LogP contribution in [0.3, 0.4) is 0 Å². The van der Waals surface area contributed by atoms with Crippen LogP contribution >= 0.6 is 11.3 Å². The third-order valence-electron chi connectivity index (χ3n) is 1.41. The quantitative estimate of drug-likeness (QED) is 0.735. The van der Waals surface area contributed by atoms with Gasteiger partial charge in [0.1, 0.15) is 10.0 Å². The Labute approximate surface area is 70.6 Å². The lowest BCUT2D eigenvalue weighted by Crippen LogP contribution is -1.99. The summed E-state index contributed by atoms with van der Waals surface area (Å²) in [6.07, 6.45) is 2.98. The molecule has 0 aliphatic heterocycles. The average Bonchev–Trinajstić information content (AvgIpc) is 2.48. The van der Waals surface area contributed by atoms with Crippen molar-refractivity contribution in [2.75, 3.05) is 6.54 Å². The molecule has 0 unspecified atom stereocenters. The van der Waals surface area contributed by atoms with Gasteiger partial charge in [0.2, 0.25) is 0 Å². The zero-order valence-corrected chi connectivity index (χ0v) is 7.52. The first kappa shape index (κ1) is 8.62. The SMILES string of the molecule is CCc1nnc(CCCN)s1. The molecule has 2 N–H and O–H groups in total. The summed E-state index contributed by atoms with van der Waals surface area (Å²) in [7, 11) is 0. The largest absolute Gasteiger partial charge is 0.330 e. The van der Waals surface area contributed by atoms with Crippen LogP contribution in [0.1, 0.15) is 23.4 Å². The minimum absolute atomic E-state index is 0.737. The molecule has 0 amide bonds. The maximum atomic E-state index is 5.37. The van der Waals surface area contributed by atoms with Crippen LogP contribution in [0.2, 0.25) is 0 Å². The number of hydrogen-bond acceptors (Lipinski definition) is 4. The Morgan fingerprint density at radius 3 is 2.64 bits per heavy atom. The molecule has 0 aliphatic rings. The first-order valence-corrected chi connectivity index (χ1v) is 4.69. The summed E-state index contributed by atoms with van der Waals surface area (Å²) in [5.74, 6) is 0. The molecule has 0 aliphatic carbocycles. The second-order valence-electron chi connectivity index (χ2n) is 2.34. The summed E-state index contributed by atoms with van der Waals surface area (Å²) in [4.78, 5) is 0. The monoisotopic (exact) mass is 171 g/mol. The third-order valence-corrected chi connectivity index (χ3v) is 2.53. The topological polar surface area (TPSA) is 51.8 Å². The molecule has 1 heterocycles. The Morgan fingerprint density at radius 1 is 1.36 bits per heavy atom. The lowest BCUT2D eigenvalue weighted by molar-refractivity contribution is 0.809. The van der Waals surface area contributed by atoms with Crippen molar-refractivity contribution in [1.29, 1.82) is 0 Å². The third kappa shape index (κ3) is 2.55. The first-order valence-electron chi connectivity index (χ1n) is 3.88. The van der Waals surface area contributed by atoms with Crippen molar-refractivity contribution < 1.29 is 0 Å². The van der Waals surface area contributed by atoms with Crippen LogP contribution in [-0.2, 0) is 12.8 Å². The normalized spacial score (nSPS) is 10.4. The lowest BCUT2D eigenvalue weighted by atomic mass is 10.3. The summed E-state index contributed by atoms with van der Waals surface area (Å²) in [6.45, 7) is 2.83. The maximum Gasteiger partial charge on any atom is 0.117 e. The first-order chi connectivity index (χ1) is 5.36. The Morgan fingerprint density at radius 2 is 2.09 bits per heavy atom. The Hall–Kier alpha value is -0.480. The van der Waals surface area contributed by atoms with E-state index in [-0.39, 0.29) is 0 Å². The highest BCUT2D eigenvalue weighted by atomic mass is 32.1. The van der Waals surface area contributed by atoms with E-state index in [0.717, 1.165) is 35.8 Å². The highest BCUT2D eigenvalue weighted by Gasteiger charge is 2.00. The van der Waals surface area contributed by atoms with E-state index in [9.17, 15) is 0 Å². The fraction of sp³-hybridized carbons (Fsp3) is 0.714. The molecular formula is C7H13N3S. The van der Waals surface area contributed by atoms with Crippen LogP contribution in [0.25, 0.3) is 0 Å². The molecule has 0 radical (unpaired) electrons. The Balaban J connectivity index is 2.44. The minimum atomic E-state index is 0.737. The Bertz CT molecular complexity index is 209. The van der Waals surface area contributed by atoms with Gasteiger partial charge in [-0.2, -0.15) is 0 Å². The van der Waals surface area contributed by atoms with Crippen molar-refractivity contribution in [1.82, 2.24) is 10.2 Å². The van der Waals surface area contributed by atoms with Crippen LogP contribution in [-0.4, -0.2) is 16.7 Å². The highest BCUT2D eigenvalue weighted by molar-refractivity contribution is 7.11. The maximum absolute atomic E-state index is 5.37.